The zero-order valence-corrected chi connectivity index (χ0v) is 12.5. The summed E-state index contributed by atoms with van der Waals surface area (Å²) in [6.07, 6.45) is 3.36. The summed E-state index contributed by atoms with van der Waals surface area (Å²) in [5.41, 5.74) is 0. The molecule has 0 bridgehead atoms. The van der Waals surface area contributed by atoms with Gasteiger partial charge in [-0.05, 0) is 32.7 Å². The Hall–Kier alpha value is 0.160. The Morgan fingerprint density at radius 2 is 2.18 bits per heavy atom. The van der Waals surface area contributed by atoms with Crippen LogP contribution in [0.15, 0.2) is 0 Å². The Bertz CT molecular complexity index is 332. The zero-order valence-electron chi connectivity index (χ0n) is 10.9. The number of rotatable bonds is 5. The SMILES string of the molecule is CC(Cl)CN(C)CC1CCCN(S(C)(=O)=O)C1. The quantitative estimate of drug-likeness (QED) is 0.712. The fraction of sp³-hybridized carbons (Fsp3) is 1.00. The van der Waals surface area contributed by atoms with Gasteiger partial charge in [-0.2, -0.15) is 0 Å². The van der Waals surface area contributed by atoms with Gasteiger partial charge in [-0.15, -0.1) is 11.6 Å². The van der Waals surface area contributed by atoms with Crippen molar-refractivity contribution in [3.63, 3.8) is 0 Å². The smallest absolute Gasteiger partial charge is 0.211 e. The molecule has 17 heavy (non-hydrogen) atoms. The molecule has 1 saturated heterocycles. The van der Waals surface area contributed by atoms with Gasteiger partial charge in [0.05, 0.1) is 6.26 Å². The first-order valence-corrected chi connectivity index (χ1v) is 8.35. The van der Waals surface area contributed by atoms with E-state index in [0.717, 1.165) is 25.9 Å². The molecule has 6 heteroatoms. The second-order valence-corrected chi connectivity index (χ2v) is 7.86. The average molecular weight is 283 g/mol. The first-order valence-electron chi connectivity index (χ1n) is 6.06. The summed E-state index contributed by atoms with van der Waals surface area (Å²) >= 11 is 5.94. The molecular weight excluding hydrogens is 260 g/mol. The van der Waals surface area contributed by atoms with Crippen LogP contribution in [0, 0.1) is 5.92 Å². The summed E-state index contributed by atoms with van der Waals surface area (Å²) in [7, 11) is -0.989. The first kappa shape index (κ1) is 15.2. The standard InChI is InChI=1S/C11H23ClN2O2S/c1-10(12)7-13(2)8-11-5-4-6-14(9-11)17(3,15)16/h10-11H,4-9H2,1-3H3. The van der Waals surface area contributed by atoms with E-state index in [2.05, 4.69) is 4.90 Å². The first-order chi connectivity index (χ1) is 7.79. The van der Waals surface area contributed by atoms with Gasteiger partial charge in [0.25, 0.3) is 0 Å². The molecule has 2 atom stereocenters. The molecule has 102 valence electrons. The molecule has 0 radical (unpaired) electrons. The van der Waals surface area contributed by atoms with Gasteiger partial charge in [0.2, 0.25) is 10.0 Å². The molecule has 4 nitrogen and oxygen atoms in total. The molecule has 0 aromatic carbocycles. The van der Waals surface area contributed by atoms with Gasteiger partial charge < -0.3 is 4.90 Å². The summed E-state index contributed by atoms with van der Waals surface area (Å²) in [4.78, 5) is 2.19. The molecule has 0 aromatic rings. The van der Waals surface area contributed by atoms with Crippen molar-refractivity contribution in [2.75, 3.05) is 39.5 Å². The lowest BCUT2D eigenvalue weighted by Crippen LogP contribution is -2.43. The molecule has 2 unspecified atom stereocenters. The summed E-state index contributed by atoms with van der Waals surface area (Å²) in [6.45, 7) is 5.06. The minimum absolute atomic E-state index is 0.134. The monoisotopic (exact) mass is 282 g/mol. The third-order valence-corrected chi connectivity index (χ3v) is 4.49. The Morgan fingerprint density at radius 3 is 2.71 bits per heavy atom. The van der Waals surface area contributed by atoms with Gasteiger partial charge >= 0.3 is 0 Å². The minimum atomic E-state index is -3.03. The lowest BCUT2D eigenvalue weighted by molar-refractivity contribution is 0.201. The van der Waals surface area contributed by atoms with Gasteiger partial charge in [-0.3, -0.25) is 0 Å². The van der Waals surface area contributed by atoms with Crippen LogP contribution in [-0.4, -0.2) is 62.5 Å². The highest BCUT2D eigenvalue weighted by atomic mass is 35.5. The van der Waals surface area contributed by atoms with E-state index < -0.39 is 10.0 Å². The number of nitrogens with zero attached hydrogens (tertiary/aromatic N) is 2. The zero-order chi connectivity index (χ0) is 13.1. The van der Waals surface area contributed by atoms with Crippen LogP contribution in [-0.2, 0) is 10.0 Å². The van der Waals surface area contributed by atoms with Crippen LogP contribution in [0.25, 0.3) is 0 Å². The van der Waals surface area contributed by atoms with Crippen LogP contribution in [0.2, 0.25) is 0 Å². The van der Waals surface area contributed by atoms with Gasteiger partial charge in [0, 0.05) is 31.6 Å². The van der Waals surface area contributed by atoms with Crippen molar-refractivity contribution in [3.8, 4) is 0 Å². The minimum Gasteiger partial charge on any atom is -0.305 e. The van der Waals surface area contributed by atoms with Crippen molar-refractivity contribution in [1.82, 2.24) is 9.21 Å². The predicted molar refractivity (Wildman–Crippen MR) is 72.0 cm³/mol. The molecule has 0 aliphatic carbocycles. The summed E-state index contributed by atoms with van der Waals surface area (Å²) < 4.78 is 24.6. The second-order valence-electron chi connectivity index (χ2n) is 5.13. The molecular formula is C11H23ClN2O2S. The highest BCUT2D eigenvalue weighted by Crippen LogP contribution is 2.19. The fourth-order valence-electron chi connectivity index (χ4n) is 2.42. The largest absolute Gasteiger partial charge is 0.305 e. The van der Waals surface area contributed by atoms with Crippen LogP contribution in [0.4, 0.5) is 0 Å². The van der Waals surface area contributed by atoms with Crippen molar-refractivity contribution >= 4 is 21.6 Å². The van der Waals surface area contributed by atoms with E-state index in [4.69, 9.17) is 11.6 Å². The third-order valence-electron chi connectivity index (χ3n) is 3.08. The van der Waals surface area contributed by atoms with E-state index in [-0.39, 0.29) is 5.38 Å². The maximum absolute atomic E-state index is 11.5. The molecule has 1 rings (SSSR count). The molecule has 0 aromatic heterocycles. The van der Waals surface area contributed by atoms with E-state index >= 15 is 0 Å². The number of alkyl halides is 1. The summed E-state index contributed by atoms with van der Waals surface area (Å²) in [6, 6.07) is 0. The van der Waals surface area contributed by atoms with Crippen LogP contribution < -0.4 is 0 Å². The van der Waals surface area contributed by atoms with Crippen LogP contribution >= 0.6 is 11.6 Å². The van der Waals surface area contributed by atoms with Crippen LogP contribution in [0.3, 0.4) is 0 Å². The molecule has 1 heterocycles. The van der Waals surface area contributed by atoms with Crippen molar-refractivity contribution in [2.45, 2.75) is 25.1 Å². The molecule has 1 aliphatic heterocycles. The van der Waals surface area contributed by atoms with Crippen molar-refractivity contribution in [3.05, 3.63) is 0 Å². The Morgan fingerprint density at radius 1 is 1.53 bits per heavy atom. The molecule has 1 fully saturated rings. The maximum Gasteiger partial charge on any atom is 0.211 e. The van der Waals surface area contributed by atoms with E-state index in [1.165, 1.54) is 6.26 Å². The highest BCUT2D eigenvalue weighted by molar-refractivity contribution is 7.88. The molecule has 0 saturated carbocycles. The van der Waals surface area contributed by atoms with Crippen LogP contribution in [0.1, 0.15) is 19.8 Å². The van der Waals surface area contributed by atoms with Crippen molar-refractivity contribution < 1.29 is 8.42 Å². The van der Waals surface area contributed by atoms with Crippen molar-refractivity contribution in [2.24, 2.45) is 5.92 Å². The molecule has 0 spiro atoms. The number of piperidine rings is 1. The van der Waals surface area contributed by atoms with Crippen molar-refractivity contribution in [1.29, 1.82) is 0 Å². The summed E-state index contributed by atoms with van der Waals surface area (Å²) in [5, 5.41) is 0.134. The van der Waals surface area contributed by atoms with Gasteiger partial charge in [-0.25, -0.2) is 12.7 Å². The number of sulfonamides is 1. The second kappa shape index (κ2) is 6.36. The molecule has 1 aliphatic rings. The fourth-order valence-corrected chi connectivity index (χ4v) is 3.60. The topological polar surface area (TPSA) is 40.6 Å². The maximum atomic E-state index is 11.5. The Kier molecular flexibility index (Phi) is 5.70. The van der Waals surface area contributed by atoms with Gasteiger partial charge in [0.15, 0.2) is 0 Å². The van der Waals surface area contributed by atoms with E-state index in [0.29, 0.717) is 19.0 Å². The van der Waals surface area contributed by atoms with Gasteiger partial charge in [0.1, 0.15) is 0 Å². The Balaban J connectivity index is 2.45. The predicted octanol–water partition coefficient (Wildman–Crippen LogP) is 1.22. The summed E-state index contributed by atoms with van der Waals surface area (Å²) in [5.74, 6) is 0.430. The third kappa shape index (κ3) is 5.55. The van der Waals surface area contributed by atoms with E-state index in [1.54, 1.807) is 4.31 Å². The number of hydrogen-bond acceptors (Lipinski definition) is 3. The number of hydrogen-bond donors (Lipinski definition) is 0. The normalized spacial score (nSPS) is 25.1. The lowest BCUT2D eigenvalue weighted by atomic mass is 9.99. The van der Waals surface area contributed by atoms with Crippen LogP contribution in [0.5, 0.6) is 0 Å². The average Bonchev–Trinajstić information content (AvgIpc) is 2.15. The lowest BCUT2D eigenvalue weighted by Gasteiger charge is -2.33. The van der Waals surface area contributed by atoms with Gasteiger partial charge in [-0.1, -0.05) is 0 Å². The van der Waals surface area contributed by atoms with E-state index in [9.17, 15) is 8.42 Å². The number of halogens is 1. The molecule has 0 N–H and O–H groups in total. The van der Waals surface area contributed by atoms with E-state index in [1.807, 2.05) is 14.0 Å². The molecule has 0 amide bonds. The highest BCUT2D eigenvalue weighted by Gasteiger charge is 2.26. The Labute approximate surface area is 110 Å².